The molecule has 1 amide bonds. The molecule has 0 saturated heterocycles. The molecule has 3 unspecified atom stereocenters. The molecule has 2 fully saturated rings. The van der Waals surface area contributed by atoms with Gasteiger partial charge >= 0.3 is 6.01 Å². The number of aromatic nitrogens is 1. The Hall–Kier alpha value is -2.34. The highest BCUT2D eigenvalue weighted by Crippen LogP contribution is 2.62. The van der Waals surface area contributed by atoms with E-state index in [-0.39, 0.29) is 17.3 Å². The summed E-state index contributed by atoms with van der Waals surface area (Å²) in [4.78, 5) is 16.6. The lowest BCUT2D eigenvalue weighted by Crippen LogP contribution is -2.44. The second-order valence-electron chi connectivity index (χ2n) is 10.0. The Kier molecular flexibility index (Phi) is 5.52. The summed E-state index contributed by atoms with van der Waals surface area (Å²) in [6.07, 6.45) is 7.79. The standard InChI is InChI=1S/C25H30ClN3O3/c1-14-13-27-24(32-14)28-22(30)8-4-16-12-21(29-31)25(2)10-9-19-18-7-5-17(26)11-15(18)3-6-20(19)23(16)25/h5,7,11,13,16,19-20,23,31H,3-4,6,8-10,12H2,1-2H3,(H,27,28,30)/b29-21+/t16-,19?,20?,23?,25-/m1/s1. The fourth-order valence-electron chi connectivity index (χ4n) is 6.96. The van der Waals surface area contributed by atoms with Crippen LogP contribution in [0.1, 0.15) is 68.3 Å². The van der Waals surface area contributed by atoms with E-state index in [9.17, 15) is 10.0 Å². The number of carbonyl (C=O) groups is 1. The average Bonchev–Trinajstić information content (AvgIpc) is 3.31. The zero-order valence-corrected chi connectivity index (χ0v) is 19.4. The third kappa shape index (κ3) is 3.62. The van der Waals surface area contributed by atoms with Crippen LogP contribution in [-0.4, -0.2) is 21.8 Å². The number of nitrogens with one attached hydrogen (secondary N) is 1. The van der Waals surface area contributed by atoms with Gasteiger partial charge in [-0.25, -0.2) is 4.98 Å². The highest BCUT2D eigenvalue weighted by molar-refractivity contribution is 6.30. The quantitative estimate of drug-likeness (QED) is 0.439. The fraction of sp³-hybridized carbons (Fsp3) is 0.560. The summed E-state index contributed by atoms with van der Waals surface area (Å²) in [5.41, 5.74) is 3.64. The van der Waals surface area contributed by atoms with Crippen molar-refractivity contribution in [3.63, 3.8) is 0 Å². The number of benzene rings is 1. The van der Waals surface area contributed by atoms with Crippen LogP contribution in [0.5, 0.6) is 0 Å². The Bertz CT molecular complexity index is 1060. The molecule has 2 N–H and O–H groups in total. The first-order valence-corrected chi connectivity index (χ1v) is 12.0. The number of aryl methyl sites for hydroxylation is 2. The summed E-state index contributed by atoms with van der Waals surface area (Å²) in [6.45, 7) is 4.07. The van der Waals surface area contributed by atoms with E-state index in [1.165, 1.54) is 11.1 Å². The number of nitrogens with zero attached hydrogens (tertiary/aromatic N) is 2. The van der Waals surface area contributed by atoms with E-state index in [1.807, 2.05) is 6.07 Å². The van der Waals surface area contributed by atoms with Gasteiger partial charge in [-0.3, -0.25) is 10.1 Å². The molecule has 3 aliphatic carbocycles. The van der Waals surface area contributed by atoms with Gasteiger partial charge in [0.25, 0.3) is 0 Å². The van der Waals surface area contributed by atoms with Gasteiger partial charge in [-0.15, -0.1) is 0 Å². The van der Waals surface area contributed by atoms with Crippen LogP contribution in [0.3, 0.4) is 0 Å². The number of rotatable bonds is 4. The molecule has 170 valence electrons. The largest absolute Gasteiger partial charge is 0.429 e. The minimum atomic E-state index is -0.0966. The third-order valence-corrected chi connectivity index (χ3v) is 8.53. The number of amides is 1. The van der Waals surface area contributed by atoms with Crippen LogP contribution < -0.4 is 5.32 Å². The molecule has 6 nitrogen and oxygen atoms in total. The third-order valence-electron chi connectivity index (χ3n) is 8.29. The van der Waals surface area contributed by atoms with Crippen molar-refractivity contribution >= 4 is 29.2 Å². The molecule has 2 saturated carbocycles. The molecule has 7 heteroatoms. The summed E-state index contributed by atoms with van der Waals surface area (Å²) < 4.78 is 5.37. The van der Waals surface area contributed by atoms with E-state index in [0.717, 1.165) is 49.3 Å². The first kappa shape index (κ1) is 21.5. The van der Waals surface area contributed by atoms with Gasteiger partial charge in [0.05, 0.1) is 11.9 Å². The van der Waals surface area contributed by atoms with Crippen molar-refractivity contribution in [2.75, 3.05) is 5.32 Å². The maximum absolute atomic E-state index is 12.5. The monoisotopic (exact) mass is 455 g/mol. The van der Waals surface area contributed by atoms with Crippen LogP contribution >= 0.6 is 11.6 Å². The first-order chi connectivity index (χ1) is 15.4. The summed E-state index contributed by atoms with van der Waals surface area (Å²) in [5.74, 6) is 2.36. The molecule has 0 bridgehead atoms. The highest BCUT2D eigenvalue weighted by atomic mass is 35.5. The van der Waals surface area contributed by atoms with Crippen LogP contribution in [0.15, 0.2) is 34.0 Å². The molecule has 0 spiro atoms. The lowest BCUT2D eigenvalue weighted by Gasteiger charge is -2.50. The van der Waals surface area contributed by atoms with Gasteiger partial charge in [-0.2, -0.15) is 0 Å². The molecular weight excluding hydrogens is 426 g/mol. The normalized spacial score (nSPS) is 32.3. The predicted octanol–water partition coefficient (Wildman–Crippen LogP) is 5.97. The zero-order chi connectivity index (χ0) is 22.5. The summed E-state index contributed by atoms with van der Waals surface area (Å²) in [5, 5.41) is 17.1. The van der Waals surface area contributed by atoms with Gasteiger partial charge < -0.3 is 9.62 Å². The number of hydrogen-bond acceptors (Lipinski definition) is 5. The number of anilines is 1. The van der Waals surface area contributed by atoms with E-state index in [4.69, 9.17) is 16.0 Å². The molecule has 0 aliphatic heterocycles. The van der Waals surface area contributed by atoms with Crippen LogP contribution in [0.2, 0.25) is 5.02 Å². The molecule has 1 heterocycles. The molecule has 5 atom stereocenters. The smallest absolute Gasteiger partial charge is 0.301 e. The minimum Gasteiger partial charge on any atom is -0.429 e. The molecule has 2 aromatic rings. The molecule has 32 heavy (non-hydrogen) atoms. The summed E-state index contributed by atoms with van der Waals surface area (Å²) in [7, 11) is 0. The number of oxazole rings is 1. The van der Waals surface area contributed by atoms with E-state index in [2.05, 4.69) is 34.5 Å². The van der Waals surface area contributed by atoms with E-state index >= 15 is 0 Å². The van der Waals surface area contributed by atoms with E-state index in [0.29, 0.717) is 35.9 Å². The maximum atomic E-state index is 12.5. The Balaban J connectivity index is 1.36. The van der Waals surface area contributed by atoms with Crippen molar-refractivity contribution in [2.45, 2.75) is 64.7 Å². The van der Waals surface area contributed by atoms with E-state index < -0.39 is 0 Å². The Morgan fingerprint density at radius 2 is 2.25 bits per heavy atom. The van der Waals surface area contributed by atoms with Crippen LogP contribution in [0, 0.1) is 30.1 Å². The topological polar surface area (TPSA) is 87.7 Å². The Morgan fingerprint density at radius 3 is 3.00 bits per heavy atom. The lowest BCUT2D eigenvalue weighted by molar-refractivity contribution is -0.116. The van der Waals surface area contributed by atoms with Crippen molar-refractivity contribution in [1.29, 1.82) is 0 Å². The van der Waals surface area contributed by atoms with Crippen molar-refractivity contribution in [2.24, 2.45) is 28.3 Å². The molecule has 5 rings (SSSR count). The van der Waals surface area contributed by atoms with Crippen LogP contribution in [0.25, 0.3) is 0 Å². The van der Waals surface area contributed by atoms with Gasteiger partial charge in [0, 0.05) is 16.9 Å². The Labute approximate surface area is 193 Å². The fourth-order valence-corrected chi connectivity index (χ4v) is 7.16. The number of halogens is 1. The highest BCUT2D eigenvalue weighted by Gasteiger charge is 2.57. The number of fused-ring (bicyclic) bond motifs is 5. The molecular formula is C25H30ClN3O3. The number of oxime groups is 1. The van der Waals surface area contributed by atoms with Crippen molar-refractivity contribution in [3.05, 3.63) is 46.3 Å². The van der Waals surface area contributed by atoms with Crippen LogP contribution in [0.4, 0.5) is 6.01 Å². The summed E-state index contributed by atoms with van der Waals surface area (Å²) in [6, 6.07) is 6.61. The van der Waals surface area contributed by atoms with Crippen LogP contribution in [-0.2, 0) is 11.2 Å². The Morgan fingerprint density at radius 1 is 1.41 bits per heavy atom. The summed E-state index contributed by atoms with van der Waals surface area (Å²) >= 11 is 6.26. The lowest BCUT2D eigenvalue weighted by atomic mass is 9.54. The van der Waals surface area contributed by atoms with Gasteiger partial charge in [-0.1, -0.05) is 29.7 Å². The molecule has 0 radical (unpaired) electrons. The first-order valence-electron chi connectivity index (χ1n) is 11.6. The average molecular weight is 456 g/mol. The van der Waals surface area contributed by atoms with Gasteiger partial charge in [-0.05, 0) is 92.4 Å². The van der Waals surface area contributed by atoms with E-state index in [1.54, 1.807) is 13.1 Å². The predicted molar refractivity (Wildman–Crippen MR) is 123 cm³/mol. The number of carbonyl (C=O) groups excluding carboxylic acids is 1. The number of hydrogen-bond donors (Lipinski definition) is 2. The van der Waals surface area contributed by atoms with Crippen molar-refractivity contribution < 1.29 is 14.4 Å². The van der Waals surface area contributed by atoms with Crippen molar-refractivity contribution in [3.8, 4) is 0 Å². The van der Waals surface area contributed by atoms with Crippen molar-refractivity contribution in [1.82, 2.24) is 4.98 Å². The molecule has 3 aliphatic rings. The SMILES string of the molecule is Cc1cnc(NC(=O)CC[C@@H]2C/C(=N\O)[C@@]3(C)CCC4c5ccc(Cl)cc5CCC4C23)o1. The van der Waals surface area contributed by atoms with Gasteiger partial charge in [0.15, 0.2) is 0 Å². The maximum Gasteiger partial charge on any atom is 0.301 e. The van der Waals surface area contributed by atoms with Gasteiger partial charge in [0.1, 0.15) is 5.76 Å². The second kappa shape index (κ2) is 8.22. The minimum absolute atomic E-state index is 0.0843. The molecule has 1 aromatic heterocycles. The second-order valence-corrected chi connectivity index (χ2v) is 10.4. The van der Waals surface area contributed by atoms with Gasteiger partial charge in [0.2, 0.25) is 5.91 Å². The zero-order valence-electron chi connectivity index (χ0n) is 18.6. The molecule has 1 aromatic carbocycles.